The van der Waals surface area contributed by atoms with Gasteiger partial charge in [-0.15, -0.1) is 0 Å². The van der Waals surface area contributed by atoms with Gasteiger partial charge in [-0.25, -0.2) is 4.98 Å². The highest BCUT2D eigenvalue weighted by molar-refractivity contribution is 5.35. The van der Waals surface area contributed by atoms with Gasteiger partial charge in [0.15, 0.2) is 0 Å². The highest BCUT2D eigenvalue weighted by atomic mass is 16.5. The average Bonchev–Trinajstić information content (AvgIpc) is 2.38. The van der Waals surface area contributed by atoms with E-state index in [2.05, 4.69) is 20.2 Å². The van der Waals surface area contributed by atoms with E-state index in [-0.39, 0.29) is 6.10 Å². The summed E-state index contributed by atoms with van der Waals surface area (Å²) in [6.07, 6.45) is 2.61. The number of aryl methyl sites for hydroxylation is 1. The Morgan fingerprint density at radius 3 is 2.95 bits per heavy atom. The summed E-state index contributed by atoms with van der Waals surface area (Å²) in [7, 11) is 2.01. The Labute approximate surface area is 121 Å². The zero-order valence-corrected chi connectivity index (χ0v) is 13.0. The molecule has 1 aromatic heterocycles. The smallest absolute Gasteiger partial charge is 0.228 e. The highest BCUT2D eigenvalue weighted by Gasteiger charge is 2.22. The van der Waals surface area contributed by atoms with E-state index in [1.807, 2.05) is 33.9 Å². The quantitative estimate of drug-likeness (QED) is 0.893. The molecule has 0 radical (unpaired) electrons. The highest BCUT2D eigenvalue weighted by Crippen LogP contribution is 2.22. The molecule has 112 valence electrons. The van der Waals surface area contributed by atoms with Gasteiger partial charge < -0.3 is 15.0 Å². The molecule has 5 heteroatoms. The van der Waals surface area contributed by atoms with Gasteiger partial charge in [-0.1, -0.05) is 0 Å². The van der Waals surface area contributed by atoms with Crippen LogP contribution in [0.15, 0.2) is 6.07 Å². The van der Waals surface area contributed by atoms with Crippen LogP contribution in [-0.4, -0.2) is 42.8 Å². The normalized spacial score (nSPS) is 19.4. The SMILES string of the molecule is CNCC1CCCN(c2nc(C)cc(OC(C)C)n2)C1. The van der Waals surface area contributed by atoms with Crippen molar-refractivity contribution in [1.82, 2.24) is 15.3 Å². The van der Waals surface area contributed by atoms with Crippen molar-refractivity contribution in [3.63, 3.8) is 0 Å². The lowest BCUT2D eigenvalue weighted by Crippen LogP contribution is -2.40. The standard InChI is InChI=1S/C15H26N4O/c1-11(2)20-14-8-12(3)17-15(18-14)19-7-5-6-13(10-19)9-16-4/h8,11,13,16H,5-7,9-10H2,1-4H3. The Kier molecular flexibility index (Phi) is 5.17. The molecule has 1 atom stereocenters. The number of piperidine rings is 1. The lowest BCUT2D eigenvalue weighted by Gasteiger charge is -2.33. The van der Waals surface area contributed by atoms with E-state index < -0.39 is 0 Å². The molecule has 20 heavy (non-hydrogen) atoms. The van der Waals surface area contributed by atoms with E-state index in [0.29, 0.717) is 11.8 Å². The topological polar surface area (TPSA) is 50.3 Å². The maximum Gasteiger partial charge on any atom is 0.228 e. The largest absolute Gasteiger partial charge is 0.475 e. The van der Waals surface area contributed by atoms with Crippen molar-refractivity contribution in [2.75, 3.05) is 31.6 Å². The third-order valence-corrected chi connectivity index (χ3v) is 3.47. The molecular weight excluding hydrogens is 252 g/mol. The number of nitrogens with zero attached hydrogens (tertiary/aromatic N) is 3. The van der Waals surface area contributed by atoms with Crippen LogP contribution >= 0.6 is 0 Å². The summed E-state index contributed by atoms with van der Waals surface area (Å²) in [6, 6.07) is 1.90. The maximum atomic E-state index is 5.71. The minimum atomic E-state index is 0.135. The van der Waals surface area contributed by atoms with Crippen molar-refractivity contribution >= 4 is 5.95 Å². The number of rotatable bonds is 5. The summed E-state index contributed by atoms with van der Waals surface area (Å²) in [5, 5.41) is 3.27. The summed E-state index contributed by atoms with van der Waals surface area (Å²) in [6.45, 7) is 9.13. The van der Waals surface area contributed by atoms with Crippen LogP contribution in [0.25, 0.3) is 0 Å². The van der Waals surface area contributed by atoms with Gasteiger partial charge in [0, 0.05) is 24.8 Å². The molecule has 2 heterocycles. The lowest BCUT2D eigenvalue weighted by atomic mass is 9.98. The third-order valence-electron chi connectivity index (χ3n) is 3.47. The van der Waals surface area contributed by atoms with E-state index in [1.54, 1.807) is 0 Å². The molecule has 0 amide bonds. The van der Waals surface area contributed by atoms with Crippen molar-refractivity contribution in [1.29, 1.82) is 0 Å². The van der Waals surface area contributed by atoms with Gasteiger partial charge >= 0.3 is 0 Å². The van der Waals surface area contributed by atoms with E-state index in [1.165, 1.54) is 12.8 Å². The maximum absolute atomic E-state index is 5.71. The van der Waals surface area contributed by atoms with Crippen molar-refractivity contribution in [3.05, 3.63) is 11.8 Å². The summed E-state index contributed by atoms with van der Waals surface area (Å²) >= 11 is 0. The number of hydrogen-bond donors (Lipinski definition) is 1. The second-order valence-electron chi connectivity index (χ2n) is 5.83. The minimum Gasteiger partial charge on any atom is -0.475 e. The molecule has 1 N–H and O–H groups in total. The first-order chi connectivity index (χ1) is 9.58. The van der Waals surface area contributed by atoms with Crippen LogP contribution in [0, 0.1) is 12.8 Å². The first-order valence-corrected chi connectivity index (χ1v) is 7.50. The average molecular weight is 278 g/mol. The summed E-state index contributed by atoms with van der Waals surface area (Å²) in [5.41, 5.74) is 0.960. The Morgan fingerprint density at radius 1 is 1.45 bits per heavy atom. The van der Waals surface area contributed by atoms with Gasteiger partial charge in [-0.2, -0.15) is 4.98 Å². The van der Waals surface area contributed by atoms with E-state index >= 15 is 0 Å². The fraction of sp³-hybridized carbons (Fsp3) is 0.733. The molecule has 0 aliphatic carbocycles. The molecule has 1 aliphatic rings. The number of aromatic nitrogens is 2. The van der Waals surface area contributed by atoms with Gasteiger partial charge in [0.1, 0.15) is 0 Å². The second-order valence-corrected chi connectivity index (χ2v) is 5.83. The van der Waals surface area contributed by atoms with Crippen molar-refractivity contribution < 1.29 is 4.74 Å². The fourth-order valence-electron chi connectivity index (χ4n) is 2.67. The van der Waals surface area contributed by atoms with E-state index in [0.717, 1.165) is 31.3 Å². The molecule has 0 spiro atoms. The summed E-state index contributed by atoms with van der Waals surface area (Å²) < 4.78 is 5.71. The molecule has 1 saturated heterocycles. The van der Waals surface area contributed by atoms with Crippen molar-refractivity contribution in [3.8, 4) is 5.88 Å². The van der Waals surface area contributed by atoms with Crippen LogP contribution in [0.4, 0.5) is 5.95 Å². The minimum absolute atomic E-state index is 0.135. The number of anilines is 1. The Hall–Kier alpha value is -1.36. The molecule has 2 rings (SSSR count). The molecule has 0 bridgehead atoms. The second kappa shape index (κ2) is 6.88. The first kappa shape index (κ1) is 15.0. The van der Waals surface area contributed by atoms with Gasteiger partial charge in [-0.3, -0.25) is 0 Å². The van der Waals surface area contributed by atoms with Crippen LogP contribution < -0.4 is 15.0 Å². The molecule has 1 aromatic rings. The zero-order chi connectivity index (χ0) is 14.5. The van der Waals surface area contributed by atoms with Gasteiger partial charge in [-0.05, 0) is 53.1 Å². The third kappa shape index (κ3) is 4.07. The molecule has 1 fully saturated rings. The zero-order valence-electron chi connectivity index (χ0n) is 13.0. The van der Waals surface area contributed by atoms with Crippen LogP contribution in [-0.2, 0) is 0 Å². The first-order valence-electron chi connectivity index (χ1n) is 7.50. The van der Waals surface area contributed by atoms with Gasteiger partial charge in [0.25, 0.3) is 0 Å². The van der Waals surface area contributed by atoms with E-state index in [4.69, 9.17) is 4.74 Å². The number of hydrogen-bond acceptors (Lipinski definition) is 5. The Balaban J connectivity index is 2.12. The molecule has 1 unspecified atom stereocenters. The van der Waals surface area contributed by atoms with Crippen molar-refractivity contribution in [2.24, 2.45) is 5.92 Å². The summed E-state index contributed by atoms with van der Waals surface area (Å²) in [4.78, 5) is 11.4. The van der Waals surface area contributed by atoms with Gasteiger partial charge in [0.2, 0.25) is 11.8 Å². The molecule has 1 aliphatic heterocycles. The molecule has 0 saturated carbocycles. The van der Waals surface area contributed by atoms with Gasteiger partial charge in [0.05, 0.1) is 6.10 Å². The number of nitrogens with one attached hydrogen (secondary N) is 1. The van der Waals surface area contributed by atoms with Crippen LogP contribution in [0.5, 0.6) is 5.88 Å². The molecule has 5 nitrogen and oxygen atoms in total. The Bertz CT molecular complexity index is 434. The lowest BCUT2D eigenvalue weighted by molar-refractivity contribution is 0.232. The van der Waals surface area contributed by atoms with Crippen LogP contribution in [0.1, 0.15) is 32.4 Å². The predicted octanol–water partition coefficient (Wildman–Crippen LogP) is 2.01. The predicted molar refractivity (Wildman–Crippen MR) is 81.4 cm³/mol. The Morgan fingerprint density at radius 2 is 2.25 bits per heavy atom. The van der Waals surface area contributed by atoms with Crippen LogP contribution in [0.2, 0.25) is 0 Å². The fourth-order valence-corrected chi connectivity index (χ4v) is 2.67. The molecule has 0 aromatic carbocycles. The van der Waals surface area contributed by atoms with Crippen molar-refractivity contribution in [2.45, 2.75) is 39.7 Å². The monoisotopic (exact) mass is 278 g/mol. The molecular formula is C15H26N4O. The van der Waals surface area contributed by atoms with E-state index in [9.17, 15) is 0 Å². The number of ether oxygens (including phenoxy) is 1. The van der Waals surface area contributed by atoms with Crippen LogP contribution in [0.3, 0.4) is 0 Å². The summed E-state index contributed by atoms with van der Waals surface area (Å²) in [5.74, 6) is 2.16.